The summed E-state index contributed by atoms with van der Waals surface area (Å²) in [6, 6.07) is 11.3. The lowest BCUT2D eigenvalue weighted by atomic mass is 10.1. The quantitative estimate of drug-likeness (QED) is 0.798. The van der Waals surface area contributed by atoms with E-state index in [2.05, 4.69) is 26.6 Å². The second-order valence-electron chi connectivity index (χ2n) is 4.52. The summed E-state index contributed by atoms with van der Waals surface area (Å²) in [5.41, 5.74) is 0.217. The molecule has 22 heavy (non-hydrogen) atoms. The Bertz CT molecular complexity index is 674. The summed E-state index contributed by atoms with van der Waals surface area (Å²) in [6.07, 6.45) is -4.39. The number of urea groups is 1. The van der Waals surface area contributed by atoms with E-state index in [-0.39, 0.29) is 6.54 Å². The van der Waals surface area contributed by atoms with Crippen LogP contribution < -0.4 is 10.6 Å². The molecule has 2 aromatic carbocycles. The molecule has 0 fully saturated rings. The fourth-order valence-electron chi connectivity index (χ4n) is 1.78. The van der Waals surface area contributed by atoms with E-state index in [0.717, 1.165) is 16.6 Å². The van der Waals surface area contributed by atoms with E-state index in [4.69, 9.17) is 0 Å². The van der Waals surface area contributed by atoms with E-state index in [1.165, 1.54) is 12.1 Å². The summed E-state index contributed by atoms with van der Waals surface area (Å²) in [5.74, 6) is 0. The van der Waals surface area contributed by atoms with E-state index in [0.29, 0.717) is 11.3 Å². The first kappa shape index (κ1) is 16.4. The molecule has 2 amide bonds. The van der Waals surface area contributed by atoms with E-state index < -0.39 is 17.8 Å². The summed E-state index contributed by atoms with van der Waals surface area (Å²) >= 11 is 3.28. The minimum Gasteiger partial charge on any atom is -0.334 e. The molecule has 0 saturated carbocycles. The molecule has 0 saturated heterocycles. The highest BCUT2D eigenvalue weighted by Crippen LogP contribution is 2.29. The van der Waals surface area contributed by atoms with Crippen molar-refractivity contribution in [1.29, 1.82) is 0 Å². The molecular weight excluding hydrogens is 361 g/mol. The van der Waals surface area contributed by atoms with Crippen LogP contribution in [0.1, 0.15) is 11.1 Å². The van der Waals surface area contributed by atoms with Crippen molar-refractivity contribution in [3.8, 4) is 0 Å². The van der Waals surface area contributed by atoms with Crippen molar-refractivity contribution in [3.05, 3.63) is 64.1 Å². The summed E-state index contributed by atoms with van der Waals surface area (Å²) in [7, 11) is 0. The largest absolute Gasteiger partial charge is 0.416 e. The molecule has 0 aromatic heterocycles. The third kappa shape index (κ3) is 4.77. The van der Waals surface area contributed by atoms with Crippen LogP contribution in [-0.2, 0) is 12.7 Å². The fraction of sp³-hybridized carbons (Fsp3) is 0.133. The van der Waals surface area contributed by atoms with Gasteiger partial charge in [-0.05, 0) is 35.9 Å². The standard InChI is InChI=1S/C15H12BrF3N2O/c16-12-5-2-6-13(8-12)21-14(22)20-9-10-3-1-4-11(7-10)15(17,18)19/h1-8H,9H2,(H2,20,21,22). The molecule has 2 rings (SSSR count). The zero-order valence-corrected chi connectivity index (χ0v) is 12.8. The monoisotopic (exact) mass is 372 g/mol. The average molecular weight is 373 g/mol. The van der Waals surface area contributed by atoms with E-state index >= 15 is 0 Å². The molecule has 0 atom stereocenters. The number of rotatable bonds is 3. The summed E-state index contributed by atoms with van der Waals surface area (Å²) in [5, 5.41) is 5.11. The number of hydrogen-bond donors (Lipinski definition) is 2. The minimum atomic E-state index is -4.39. The van der Waals surface area contributed by atoms with Gasteiger partial charge in [0.05, 0.1) is 5.56 Å². The maximum atomic E-state index is 12.6. The molecule has 0 aliphatic carbocycles. The molecule has 7 heteroatoms. The third-order valence-electron chi connectivity index (χ3n) is 2.79. The number of halogens is 4. The molecule has 0 spiro atoms. The van der Waals surface area contributed by atoms with Crippen LogP contribution in [0.5, 0.6) is 0 Å². The number of carbonyl (C=O) groups excluding carboxylic acids is 1. The Kier molecular flexibility index (Phi) is 5.07. The van der Waals surface area contributed by atoms with Gasteiger partial charge in [0.25, 0.3) is 0 Å². The maximum absolute atomic E-state index is 12.6. The van der Waals surface area contributed by atoms with Crippen molar-refractivity contribution in [1.82, 2.24) is 5.32 Å². The van der Waals surface area contributed by atoms with Gasteiger partial charge in [-0.1, -0.05) is 34.1 Å². The van der Waals surface area contributed by atoms with Crippen molar-refractivity contribution in [2.45, 2.75) is 12.7 Å². The van der Waals surface area contributed by atoms with Gasteiger partial charge in [0.15, 0.2) is 0 Å². The molecule has 116 valence electrons. The van der Waals surface area contributed by atoms with Crippen LogP contribution in [0.25, 0.3) is 0 Å². The van der Waals surface area contributed by atoms with E-state index in [1.807, 2.05) is 6.07 Å². The Hall–Kier alpha value is -2.02. The normalized spacial score (nSPS) is 11.1. The van der Waals surface area contributed by atoms with Gasteiger partial charge in [-0.25, -0.2) is 4.79 Å². The number of anilines is 1. The van der Waals surface area contributed by atoms with Crippen LogP contribution in [0.3, 0.4) is 0 Å². The SMILES string of the molecule is O=C(NCc1cccc(C(F)(F)F)c1)Nc1cccc(Br)c1. The molecule has 0 bridgehead atoms. The average Bonchev–Trinajstić information content (AvgIpc) is 2.45. The predicted molar refractivity (Wildman–Crippen MR) is 81.4 cm³/mol. The lowest BCUT2D eigenvalue weighted by molar-refractivity contribution is -0.137. The van der Waals surface area contributed by atoms with E-state index in [1.54, 1.807) is 18.2 Å². The second kappa shape index (κ2) is 6.83. The lowest BCUT2D eigenvalue weighted by Gasteiger charge is -2.10. The Morgan fingerprint density at radius 1 is 1.09 bits per heavy atom. The number of nitrogens with one attached hydrogen (secondary N) is 2. The van der Waals surface area contributed by atoms with Crippen LogP contribution in [0.2, 0.25) is 0 Å². The Morgan fingerprint density at radius 2 is 1.82 bits per heavy atom. The highest BCUT2D eigenvalue weighted by atomic mass is 79.9. The number of carbonyl (C=O) groups is 1. The summed E-state index contributed by atoms with van der Waals surface area (Å²) in [4.78, 5) is 11.7. The van der Waals surface area contributed by atoms with Gasteiger partial charge < -0.3 is 10.6 Å². The topological polar surface area (TPSA) is 41.1 Å². The summed E-state index contributed by atoms with van der Waals surface area (Å²) in [6.45, 7) is 0.00373. The van der Waals surface area contributed by atoms with Crippen molar-refractivity contribution in [2.24, 2.45) is 0 Å². The highest BCUT2D eigenvalue weighted by Gasteiger charge is 2.30. The van der Waals surface area contributed by atoms with Gasteiger partial charge in [-0.15, -0.1) is 0 Å². The number of benzene rings is 2. The smallest absolute Gasteiger partial charge is 0.334 e. The molecule has 2 aromatic rings. The van der Waals surface area contributed by atoms with Crippen molar-refractivity contribution < 1.29 is 18.0 Å². The molecule has 0 unspecified atom stereocenters. The Morgan fingerprint density at radius 3 is 2.50 bits per heavy atom. The van der Waals surface area contributed by atoms with Crippen LogP contribution in [0.4, 0.5) is 23.7 Å². The number of hydrogen-bond acceptors (Lipinski definition) is 1. The van der Waals surface area contributed by atoms with Gasteiger partial charge >= 0.3 is 12.2 Å². The fourth-order valence-corrected chi connectivity index (χ4v) is 2.18. The second-order valence-corrected chi connectivity index (χ2v) is 5.43. The number of alkyl halides is 3. The first-order valence-corrected chi connectivity index (χ1v) is 7.10. The van der Waals surface area contributed by atoms with Gasteiger partial charge in [-0.2, -0.15) is 13.2 Å². The Labute approximate surface area is 133 Å². The van der Waals surface area contributed by atoms with Crippen LogP contribution in [0, 0.1) is 0 Å². The van der Waals surface area contributed by atoms with Crippen LogP contribution in [0.15, 0.2) is 53.0 Å². The number of amides is 2. The van der Waals surface area contributed by atoms with Gasteiger partial charge in [0, 0.05) is 16.7 Å². The zero-order chi connectivity index (χ0) is 16.2. The molecule has 3 nitrogen and oxygen atoms in total. The molecule has 2 N–H and O–H groups in total. The van der Waals surface area contributed by atoms with E-state index in [9.17, 15) is 18.0 Å². The molecule has 0 radical (unpaired) electrons. The maximum Gasteiger partial charge on any atom is 0.416 e. The van der Waals surface area contributed by atoms with Gasteiger partial charge in [0.1, 0.15) is 0 Å². The van der Waals surface area contributed by atoms with Gasteiger partial charge in [0.2, 0.25) is 0 Å². The molecule has 0 aliphatic heterocycles. The predicted octanol–water partition coefficient (Wildman–Crippen LogP) is 4.79. The van der Waals surface area contributed by atoms with Crippen LogP contribution in [-0.4, -0.2) is 6.03 Å². The third-order valence-corrected chi connectivity index (χ3v) is 3.28. The van der Waals surface area contributed by atoms with Crippen molar-refractivity contribution >= 4 is 27.6 Å². The Balaban J connectivity index is 1.94. The van der Waals surface area contributed by atoms with Gasteiger partial charge in [-0.3, -0.25) is 0 Å². The van der Waals surface area contributed by atoms with Crippen molar-refractivity contribution in [3.63, 3.8) is 0 Å². The first-order valence-electron chi connectivity index (χ1n) is 6.31. The molecular formula is C15H12BrF3N2O. The molecule has 0 aliphatic rings. The van der Waals surface area contributed by atoms with Crippen molar-refractivity contribution in [2.75, 3.05) is 5.32 Å². The minimum absolute atomic E-state index is 0.00373. The highest BCUT2D eigenvalue weighted by molar-refractivity contribution is 9.10. The molecule has 0 heterocycles. The summed E-state index contributed by atoms with van der Waals surface area (Å²) < 4.78 is 38.6. The lowest BCUT2D eigenvalue weighted by Crippen LogP contribution is -2.28. The van der Waals surface area contributed by atoms with Crippen LogP contribution >= 0.6 is 15.9 Å². The zero-order valence-electron chi connectivity index (χ0n) is 11.2. The first-order chi connectivity index (χ1) is 10.3.